The lowest BCUT2D eigenvalue weighted by Gasteiger charge is -2.41. The minimum absolute atomic E-state index is 0.0545. The summed E-state index contributed by atoms with van der Waals surface area (Å²) < 4.78 is 5.90. The van der Waals surface area contributed by atoms with Gasteiger partial charge in [-0.3, -0.25) is 4.79 Å². The molecule has 1 N–H and O–H groups in total. The lowest BCUT2D eigenvalue weighted by molar-refractivity contribution is -0.144. The highest BCUT2D eigenvalue weighted by atomic mass is 35.5. The Morgan fingerprint density at radius 2 is 2.24 bits per heavy atom. The van der Waals surface area contributed by atoms with Crippen molar-refractivity contribution in [2.45, 2.75) is 38.2 Å². The van der Waals surface area contributed by atoms with Crippen LogP contribution in [0.15, 0.2) is 18.2 Å². The third-order valence-corrected chi connectivity index (χ3v) is 3.45. The van der Waals surface area contributed by atoms with E-state index in [1.165, 1.54) is 0 Å². The zero-order valence-corrected chi connectivity index (χ0v) is 10.5. The first-order valence-corrected chi connectivity index (χ1v) is 6.06. The summed E-state index contributed by atoms with van der Waals surface area (Å²) >= 11 is 5.92. The van der Waals surface area contributed by atoms with Crippen molar-refractivity contribution in [1.82, 2.24) is 0 Å². The van der Waals surface area contributed by atoms with Crippen LogP contribution in [0.4, 0.5) is 0 Å². The molecular formula is C13H15ClO3. The number of rotatable bonds is 4. The zero-order chi connectivity index (χ0) is 12.5. The first kappa shape index (κ1) is 12.2. The minimum Gasteiger partial charge on any atom is -0.486 e. The number of ether oxygens (including phenoxy) is 1. The highest BCUT2D eigenvalue weighted by Gasteiger charge is 2.41. The van der Waals surface area contributed by atoms with Crippen molar-refractivity contribution in [2.75, 3.05) is 0 Å². The van der Waals surface area contributed by atoms with Gasteiger partial charge in [0.1, 0.15) is 11.4 Å². The van der Waals surface area contributed by atoms with E-state index in [4.69, 9.17) is 21.4 Å². The van der Waals surface area contributed by atoms with E-state index >= 15 is 0 Å². The van der Waals surface area contributed by atoms with E-state index in [1.807, 2.05) is 13.0 Å². The van der Waals surface area contributed by atoms with Crippen molar-refractivity contribution in [3.8, 4) is 5.75 Å². The number of carboxylic acids is 1. The molecule has 4 heteroatoms. The fourth-order valence-electron chi connectivity index (χ4n) is 2.08. The van der Waals surface area contributed by atoms with Crippen LogP contribution in [0.5, 0.6) is 5.75 Å². The molecule has 0 saturated heterocycles. The maximum Gasteiger partial charge on any atom is 0.307 e. The maximum atomic E-state index is 10.8. The Kier molecular flexibility index (Phi) is 3.29. The van der Waals surface area contributed by atoms with Crippen LogP contribution in [-0.2, 0) is 4.79 Å². The van der Waals surface area contributed by atoms with E-state index < -0.39 is 11.6 Å². The molecule has 92 valence electrons. The summed E-state index contributed by atoms with van der Waals surface area (Å²) in [5.41, 5.74) is 0.451. The molecule has 1 aromatic carbocycles. The second-order valence-corrected chi connectivity index (χ2v) is 5.06. The predicted octanol–water partition coefficient (Wildman–Crippen LogP) is 3.42. The summed E-state index contributed by atoms with van der Waals surface area (Å²) in [6, 6.07) is 5.43. The Hall–Kier alpha value is -1.22. The molecule has 0 amide bonds. The zero-order valence-electron chi connectivity index (χ0n) is 9.70. The van der Waals surface area contributed by atoms with Gasteiger partial charge in [0.15, 0.2) is 0 Å². The molecule has 0 aliphatic heterocycles. The normalized spacial score (nSPS) is 17.3. The van der Waals surface area contributed by atoms with Crippen LogP contribution in [0.2, 0.25) is 5.02 Å². The van der Waals surface area contributed by atoms with Crippen molar-refractivity contribution in [1.29, 1.82) is 0 Å². The number of carboxylic acid groups (broad SMARTS) is 1. The second kappa shape index (κ2) is 4.57. The summed E-state index contributed by atoms with van der Waals surface area (Å²) in [4.78, 5) is 10.8. The van der Waals surface area contributed by atoms with Crippen LogP contribution in [0.25, 0.3) is 0 Å². The number of hydrogen-bond acceptors (Lipinski definition) is 2. The molecule has 3 nitrogen and oxygen atoms in total. The molecule has 2 rings (SSSR count). The number of halogens is 1. The second-order valence-electron chi connectivity index (χ2n) is 4.62. The molecule has 0 radical (unpaired) electrons. The highest BCUT2D eigenvalue weighted by Crippen LogP contribution is 2.40. The van der Waals surface area contributed by atoms with Crippen LogP contribution in [0.3, 0.4) is 0 Å². The lowest BCUT2D eigenvalue weighted by Crippen LogP contribution is -2.45. The van der Waals surface area contributed by atoms with Gasteiger partial charge in [0.2, 0.25) is 0 Å². The molecule has 0 bridgehead atoms. The van der Waals surface area contributed by atoms with Gasteiger partial charge in [0.25, 0.3) is 0 Å². The molecule has 0 unspecified atom stereocenters. The van der Waals surface area contributed by atoms with Crippen molar-refractivity contribution in [3.63, 3.8) is 0 Å². The van der Waals surface area contributed by atoms with Gasteiger partial charge in [-0.1, -0.05) is 17.7 Å². The number of carbonyl (C=O) groups is 1. The molecular weight excluding hydrogens is 240 g/mol. The number of aliphatic carboxylic acids is 1. The maximum absolute atomic E-state index is 10.8. The van der Waals surface area contributed by atoms with E-state index in [0.29, 0.717) is 10.8 Å². The average Bonchev–Trinajstić information content (AvgIpc) is 2.19. The molecule has 0 spiro atoms. The Morgan fingerprint density at radius 3 is 2.76 bits per heavy atom. The topological polar surface area (TPSA) is 46.5 Å². The summed E-state index contributed by atoms with van der Waals surface area (Å²) in [7, 11) is 0. The smallest absolute Gasteiger partial charge is 0.307 e. The first-order chi connectivity index (χ1) is 8.01. The van der Waals surface area contributed by atoms with Crippen molar-refractivity contribution < 1.29 is 14.6 Å². The van der Waals surface area contributed by atoms with Gasteiger partial charge in [-0.15, -0.1) is 0 Å². The fourth-order valence-corrected chi connectivity index (χ4v) is 2.24. The van der Waals surface area contributed by atoms with Crippen molar-refractivity contribution in [3.05, 3.63) is 28.8 Å². The first-order valence-electron chi connectivity index (χ1n) is 5.68. The quantitative estimate of drug-likeness (QED) is 0.896. The molecule has 1 fully saturated rings. The van der Waals surface area contributed by atoms with Crippen LogP contribution in [-0.4, -0.2) is 16.7 Å². The van der Waals surface area contributed by atoms with E-state index in [1.54, 1.807) is 12.1 Å². The SMILES string of the molecule is Cc1ccc(Cl)cc1OC1(CC(=O)O)CCC1. The van der Waals surface area contributed by atoms with Crippen LogP contribution in [0.1, 0.15) is 31.2 Å². The van der Waals surface area contributed by atoms with Crippen molar-refractivity contribution in [2.24, 2.45) is 0 Å². The third-order valence-electron chi connectivity index (χ3n) is 3.21. The van der Waals surface area contributed by atoms with E-state index in [9.17, 15) is 4.79 Å². The summed E-state index contributed by atoms with van der Waals surface area (Å²) in [6.45, 7) is 1.93. The Bertz CT molecular complexity index is 438. The molecule has 1 aliphatic carbocycles. The molecule has 17 heavy (non-hydrogen) atoms. The molecule has 0 aromatic heterocycles. The van der Waals surface area contributed by atoms with Gasteiger partial charge < -0.3 is 9.84 Å². The molecule has 0 atom stereocenters. The summed E-state index contributed by atoms with van der Waals surface area (Å²) in [5, 5.41) is 9.52. The van der Waals surface area contributed by atoms with Gasteiger partial charge in [-0.2, -0.15) is 0 Å². The van der Waals surface area contributed by atoms with Gasteiger partial charge in [-0.05, 0) is 43.9 Å². The van der Waals surface area contributed by atoms with Crippen LogP contribution < -0.4 is 4.74 Å². The van der Waals surface area contributed by atoms with Crippen LogP contribution >= 0.6 is 11.6 Å². The number of hydrogen-bond donors (Lipinski definition) is 1. The monoisotopic (exact) mass is 254 g/mol. The standard InChI is InChI=1S/C13H15ClO3/c1-9-3-4-10(14)7-11(9)17-13(5-2-6-13)8-12(15)16/h3-4,7H,2,5-6,8H2,1H3,(H,15,16). The largest absolute Gasteiger partial charge is 0.486 e. The number of aryl methyl sites for hydroxylation is 1. The van der Waals surface area contributed by atoms with E-state index in [-0.39, 0.29) is 6.42 Å². The van der Waals surface area contributed by atoms with Gasteiger partial charge in [0.05, 0.1) is 6.42 Å². The van der Waals surface area contributed by atoms with Crippen LogP contribution in [0, 0.1) is 6.92 Å². The molecule has 1 aromatic rings. The van der Waals surface area contributed by atoms with Gasteiger partial charge in [-0.25, -0.2) is 0 Å². The Labute approximate surface area is 105 Å². The molecule has 1 aliphatic rings. The molecule has 0 heterocycles. The predicted molar refractivity (Wildman–Crippen MR) is 65.7 cm³/mol. The Balaban J connectivity index is 2.18. The molecule has 1 saturated carbocycles. The summed E-state index contributed by atoms with van der Waals surface area (Å²) in [5.74, 6) is -0.122. The van der Waals surface area contributed by atoms with Gasteiger partial charge in [0, 0.05) is 5.02 Å². The number of benzene rings is 1. The summed E-state index contributed by atoms with van der Waals surface area (Å²) in [6.07, 6.45) is 2.67. The highest BCUT2D eigenvalue weighted by molar-refractivity contribution is 6.30. The lowest BCUT2D eigenvalue weighted by atomic mass is 9.77. The average molecular weight is 255 g/mol. The van der Waals surface area contributed by atoms with E-state index in [2.05, 4.69) is 0 Å². The Morgan fingerprint density at radius 1 is 1.53 bits per heavy atom. The van der Waals surface area contributed by atoms with Gasteiger partial charge >= 0.3 is 5.97 Å². The van der Waals surface area contributed by atoms with E-state index in [0.717, 1.165) is 24.8 Å². The third kappa shape index (κ3) is 2.72. The minimum atomic E-state index is -0.815. The van der Waals surface area contributed by atoms with Crippen molar-refractivity contribution >= 4 is 17.6 Å². The fraction of sp³-hybridized carbons (Fsp3) is 0.462.